The standard InChI is InChI=1S/C22H16F4N4O/c23-15-8-12(7-13(9-15)22(24,25)26)21(3-4-21)14-10-18(30-29-11-14)19-16-1-6-28-20(31)17(16)2-5-27-19/h2,5,7-11H,1,3-4,6H2,(H,28,31). The highest BCUT2D eigenvalue weighted by molar-refractivity contribution is 5.98. The molecule has 1 fully saturated rings. The van der Waals surface area contributed by atoms with Gasteiger partial charge in [-0.3, -0.25) is 9.78 Å². The number of alkyl halides is 3. The van der Waals surface area contributed by atoms with Crippen LogP contribution >= 0.6 is 0 Å². The first-order chi connectivity index (χ1) is 14.8. The van der Waals surface area contributed by atoms with Gasteiger partial charge in [-0.05, 0) is 66.3 Å². The monoisotopic (exact) mass is 428 g/mol. The second-order valence-electron chi connectivity index (χ2n) is 7.83. The number of nitrogens with zero attached hydrogens (tertiary/aromatic N) is 3. The van der Waals surface area contributed by atoms with Crippen LogP contribution in [-0.2, 0) is 18.0 Å². The van der Waals surface area contributed by atoms with Crippen LogP contribution in [0.5, 0.6) is 0 Å². The van der Waals surface area contributed by atoms with Crippen molar-refractivity contribution in [2.45, 2.75) is 30.9 Å². The highest BCUT2D eigenvalue weighted by atomic mass is 19.4. The largest absolute Gasteiger partial charge is 0.416 e. The quantitative estimate of drug-likeness (QED) is 0.639. The van der Waals surface area contributed by atoms with Crippen molar-refractivity contribution < 1.29 is 22.4 Å². The zero-order valence-corrected chi connectivity index (χ0v) is 16.1. The maximum Gasteiger partial charge on any atom is 0.416 e. The van der Waals surface area contributed by atoms with Gasteiger partial charge < -0.3 is 5.32 Å². The Morgan fingerprint density at radius 1 is 1.06 bits per heavy atom. The normalized spacial score (nSPS) is 17.1. The number of amides is 1. The fourth-order valence-corrected chi connectivity index (χ4v) is 4.22. The molecule has 1 N–H and O–H groups in total. The van der Waals surface area contributed by atoms with E-state index in [0.717, 1.165) is 17.7 Å². The molecule has 1 aromatic carbocycles. The maximum absolute atomic E-state index is 14.0. The molecule has 0 radical (unpaired) electrons. The van der Waals surface area contributed by atoms with E-state index < -0.39 is 23.0 Å². The highest BCUT2D eigenvalue weighted by Gasteiger charge is 2.47. The Morgan fingerprint density at radius 2 is 1.87 bits per heavy atom. The van der Waals surface area contributed by atoms with Gasteiger partial charge in [-0.15, -0.1) is 5.10 Å². The van der Waals surface area contributed by atoms with E-state index in [1.54, 1.807) is 12.1 Å². The van der Waals surface area contributed by atoms with Crippen molar-refractivity contribution >= 4 is 5.91 Å². The second-order valence-corrected chi connectivity index (χ2v) is 7.83. The first-order valence-corrected chi connectivity index (χ1v) is 9.76. The Bertz CT molecular complexity index is 1200. The SMILES string of the molecule is O=C1NCCc2c1ccnc2-c1cc(C2(c3cc(F)cc(C(F)(F)F)c3)CC2)cnn1. The zero-order chi connectivity index (χ0) is 21.8. The molecule has 1 aliphatic carbocycles. The summed E-state index contributed by atoms with van der Waals surface area (Å²) in [5.41, 5.74) is 1.38. The van der Waals surface area contributed by atoms with Gasteiger partial charge in [-0.25, -0.2) is 4.39 Å². The van der Waals surface area contributed by atoms with Crippen molar-refractivity contribution in [3.63, 3.8) is 0 Å². The number of benzene rings is 1. The van der Waals surface area contributed by atoms with Crippen LogP contribution in [0.3, 0.4) is 0 Å². The molecule has 9 heteroatoms. The number of hydrogen-bond donors (Lipinski definition) is 1. The lowest BCUT2D eigenvalue weighted by Crippen LogP contribution is -2.32. The predicted molar refractivity (Wildman–Crippen MR) is 103 cm³/mol. The molecular weight excluding hydrogens is 412 g/mol. The molecule has 2 aliphatic rings. The summed E-state index contributed by atoms with van der Waals surface area (Å²) in [5, 5.41) is 11.0. The van der Waals surface area contributed by atoms with E-state index in [1.165, 1.54) is 12.4 Å². The maximum atomic E-state index is 14.0. The molecule has 0 atom stereocenters. The van der Waals surface area contributed by atoms with E-state index in [4.69, 9.17) is 0 Å². The summed E-state index contributed by atoms with van der Waals surface area (Å²) >= 11 is 0. The number of fused-ring (bicyclic) bond motifs is 1. The Kier molecular flexibility index (Phi) is 4.32. The number of carbonyl (C=O) groups excluding carboxylic acids is 1. The molecule has 5 rings (SSSR count). The van der Waals surface area contributed by atoms with E-state index in [0.29, 0.717) is 54.4 Å². The fraction of sp³-hybridized carbons (Fsp3) is 0.273. The molecule has 1 amide bonds. The van der Waals surface area contributed by atoms with Crippen LogP contribution in [0.25, 0.3) is 11.4 Å². The number of hydrogen-bond acceptors (Lipinski definition) is 4. The van der Waals surface area contributed by atoms with Gasteiger partial charge in [-0.2, -0.15) is 18.3 Å². The van der Waals surface area contributed by atoms with Gasteiger partial charge >= 0.3 is 6.18 Å². The van der Waals surface area contributed by atoms with E-state index in [2.05, 4.69) is 20.5 Å². The molecular formula is C22H16F4N4O. The Labute approximate surface area is 174 Å². The van der Waals surface area contributed by atoms with Gasteiger partial charge in [0.25, 0.3) is 5.91 Å². The number of pyridine rings is 1. The molecule has 0 saturated heterocycles. The zero-order valence-electron chi connectivity index (χ0n) is 16.1. The van der Waals surface area contributed by atoms with Gasteiger partial charge in [-0.1, -0.05) is 0 Å². The Morgan fingerprint density at radius 3 is 2.61 bits per heavy atom. The van der Waals surface area contributed by atoms with Crippen molar-refractivity contribution in [1.29, 1.82) is 0 Å². The number of halogens is 4. The third-order valence-corrected chi connectivity index (χ3v) is 5.94. The Balaban J connectivity index is 1.59. The smallest absolute Gasteiger partial charge is 0.352 e. The second kappa shape index (κ2) is 6.83. The van der Waals surface area contributed by atoms with Crippen molar-refractivity contribution in [3.05, 3.63) is 76.4 Å². The number of carbonyl (C=O) groups is 1. The van der Waals surface area contributed by atoms with Crippen molar-refractivity contribution in [2.24, 2.45) is 0 Å². The minimum atomic E-state index is -4.64. The van der Waals surface area contributed by atoms with E-state index in [1.807, 2.05) is 0 Å². The average molecular weight is 428 g/mol. The predicted octanol–water partition coefficient (Wildman–Crippen LogP) is 4.06. The van der Waals surface area contributed by atoms with Crippen LogP contribution < -0.4 is 5.32 Å². The molecule has 3 aromatic rings. The summed E-state index contributed by atoms with van der Waals surface area (Å²) < 4.78 is 53.6. The average Bonchev–Trinajstić information content (AvgIpc) is 3.55. The van der Waals surface area contributed by atoms with Gasteiger partial charge in [0.15, 0.2) is 0 Å². The molecule has 31 heavy (non-hydrogen) atoms. The number of aromatic nitrogens is 3. The van der Waals surface area contributed by atoms with E-state index in [-0.39, 0.29) is 11.5 Å². The lowest BCUT2D eigenvalue weighted by atomic mass is 9.87. The van der Waals surface area contributed by atoms with Gasteiger partial charge in [0, 0.05) is 23.7 Å². The summed E-state index contributed by atoms with van der Waals surface area (Å²) in [4.78, 5) is 16.5. The van der Waals surface area contributed by atoms with Gasteiger partial charge in [0.05, 0.1) is 17.5 Å². The molecule has 0 spiro atoms. The summed E-state index contributed by atoms with van der Waals surface area (Å²) in [5.74, 6) is -1.12. The fourth-order valence-electron chi connectivity index (χ4n) is 4.22. The number of nitrogens with one attached hydrogen (secondary N) is 1. The van der Waals surface area contributed by atoms with Crippen LogP contribution in [0.4, 0.5) is 17.6 Å². The molecule has 3 heterocycles. The van der Waals surface area contributed by atoms with Crippen molar-refractivity contribution in [1.82, 2.24) is 20.5 Å². The topological polar surface area (TPSA) is 67.8 Å². The summed E-state index contributed by atoms with van der Waals surface area (Å²) in [6.07, 6.45) is 0.102. The van der Waals surface area contributed by atoms with Gasteiger partial charge in [0.2, 0.25) is 0 Å². The number of rotatable bonds is 3. The summed E-state index contributed by atoms with van der Waals surface area (Å²) in [7, 11) is 0. The molecule has 5 nitrogen and oxygen atoms in total. The van der Waals surface area contributed by atoms with Crippen LogP contribution in [0.15, 0.2) is 42.7 Å². The first kappa shape index (κ1) is 19.6. The van der Waals surface area contributed by atoms with Crippen molar-refractivity contribution in [2.75, 3.05) is 6.54 Å². The summed E-state index contributed by atoms with van der Waals surface area (Å²) in [6.45, 7) is 0.477. The summed E-state index contributed by atoms with van der Waals surface area (Å²) in [6, 6.07) is 6.02. The minimum Gasteiger partial charge on any atom is -0.352 e. The molecule has 2 aromatic heterocycles. The van der Waals surface area contributed by atoms with Crippen LogP contribution in [-0.4, -0.2) is 27.6 Å². The van der Waals surface area contributed by atoms with Crippen molar-refractivity contribution in [3.8, 4) is 11.4 Å². The third-order valence-electron chi connectivity index (χ3n) is 5.94. The van der Waals surface area contributed by atoms with Gasteiger partial charge in [0.1, 0.15) is 11.5 Å². The first-order valence-electron chi connectivity index (χ1n) is 9.76. The lowest BCUT2D eigenvalue weighted by Gasteiger charge is -2.20. The minimum absolute atomic E-state index is 0.188. The third kappa shape index (κ3) is 3.34. The highest BCUT2D eigenvalue weighted by Crippen LogP contribution is 2.54. The van der Waals surface area contributed by atoms with E-state index in [9.17, 15) is 22.4 Å². The van der Waals surface area contributed by atoms with Crippen LogP contribution in [0.2, 0.25) is 0 Å². The van der Waals surface area contributed by atoms with Crippen LogP contribution in [0, 0.1) is 5.82 Å². The molecule has 0 bridgehead atoms. The lowest BCUT2D eigenvalue weighted by molar-refractivity contribution is -0.137. The molecule has 0 unspecified atom stereocenters. The molecule has 158 valence electrons. The molecule has 1 saturated carbocycles. The van der Waals surface area contributed by atoms with E-state index >= 15 is 0 Å². The Hall–Kier alpha value is -3.36. The van der Waals surface area contributed by atoms with Crippen LogP contribution in [0.1, 0.15) is 45.5 Å². The molecule has 1 aliphatic heterocycles.